The summed E-state index contributed by atoms with van der Waals surface area (Å²) in [7, 11) is 0. The second kappa shape index (κ2) is 9.45. The zero-order valence-corrected chi connectivity index (χ0v) is 17.8. The van der Waals surface area contributed by atoms with E-state index in [1.807, 2.05) is 0 Å². The van der Waals surface area contributed by atoms with Crippen LogP contribution in [0.5, 0.6) is 5.75 Å². The van der Waals surface area contributed by atoms with Crippen LogP contribution < -0.4 is 15.7 Å². The predicted octanol–water partition coefficient (Wildman–Crippen LogP) is -1.37. The van der Waals surface area contributed by atoms with Crippen molar-refractivity contribution < 1.29 is 49.0 Å². The molecule has 0 spiro atoms. The first-order valence-corrected chi connectivity index (χ1v) is 10.0. The molecule has 1 aromatic carbocycles. The topological polar surface area (TPSA) is 196 Å². The average Bonchev–Trinajstić information content (AvgIpc) is 2.73. The maximum atomic E-state index is 12.2. The quantitative estimate of drug-likeness (QED) is 0.263. The van der Waals surface area contributed by atoms with Gasteiger partial charge >= 0.3 is 17.4 Å². The van der Waals surface area contributed by atoms with E-state index in [4.69, 9.17) is 13.9 Å². The van der Waals surface area contributed by atoms with Crippen molar-refractivity contribution in [3.05, 3.63) is 40.2 Å². The number of aliphatic hydroxyl groups is 4. The Balaban J connectivity index is 2.01. The molecule has 1 unspecified atom stereocenters. The third-order valence-corrected chi connectivity index (χ3v) is 5.39. The third-order valence-electron chi connectivity index (χ3n) is 5.39. The molecule has 1 fully saturated rings. The molecule has 180 valence electrons. The zero-order chi connectivity index (χ0) is 24.5. The Morgan fingerprint density at radius 3 is 2.61 bits per heavy atom. The standard InChI is InChI=1S/C21H25NO11/c1-9-5-16(27)31-15-6-11(3-4-12(9)15)32-21(20(29)30)7-13(25)17(22-10(2)24)19(33-21)18(28)14(26)8-23/h3-6,13-14,17-19,23,25-26,28H,7-8H2,1-2H3,(H,22,24)(H,29,30)/t13-,14+,17+,18+,19?,21+/m0/s1. The highest BCUT2D eigenvalue weighted by Crippen LogP contribution is 2.35. The molecule has 1 amide bonds. The first-order valence-electron chi connectivity index (χ1n) is 10.0. The highest BCUT2D eigenvalue weighted by Gasteiger charge is 2.56. The number of carboxylic acids is 1. The Labute approximate surface area is 187 Å². The van der Waals surface area contributed by atoms with E-state index in [0.29, 0.717) is 10.9 Å². The number of hydrogen-bond acceptors (Lipinski definition) is 10. The van der Waals surface area contributed by atoms with E-state index in [0.717, 1.165) is 6.92 Å². The fraction of sp³-hybridized carbons (Fsp3) is 0.476. The maximum absolute atomic E-state index is 12.2. The van der Waals surface area contributed by atoms with Crippen LogP contribution in [0.4, 0.5) is 0 Å². The van der Waals surface area contributed by atoms with Gasteiger partial charge in [-0.15, -0.1) is 0 Å². The van der Waals surface area contributed by atoms with Crippen molar-refractivity contribution in [3.63, 3.8) is 0 Å². The van der Waals surface area contributed by atoms with Gasteiger partial charge in [0.15, 0.2) is 0 Å². The van der Waals surface area contributed by atoms with E-state index >= 15 is 0 Å². The first kappa shape index (κ1) is 24.6. The summed E-state index contributed by atoms with van der Waals surface area (Å²) in [6, 6.07) is 4.21. The Kier molecular flexibility index (Phi) is 7.05. The van der Waals surface area contributed by atoms with Crippen molar-refractivity contribution in [1.29, 1.82) is 0 Å². The lowest BCUT2D eigenvalue weighted by atomic mass is 9.88. The molecule has 1 aliphatic rings. The summed E-state index contributed by atoms with van der Waals surface area (Å²) in [4.78, 5) is 35.5. The highest BCUT2D eigenvalue weighted by molar-refractivity contribution is 5.82. The number of amides is 1. The smallest absolute Gasteiger partial charge is 0.377 e. The number of aliphatic hydroxyl groups excluding tert-OH is 4. The molecule has 2 heterocycles. The van der Waals surface area contributed by atoms with Crippen LogP contribution >= 0.6 is 0 Å². The van der Waals surface area contributed by atoms with E-state index in [1.54, 1.807) is 13.0 Å². The van der Waals surface area contributed by atoms with Crippen LogP contribution in [0, 0.1) is 6.92 Å². The maximum Gasteiger partial charge on any atom is 0.377 e. The summed E-state index contributed by atoms with van der Waals surface area (Å²) in [5, 5.41) is 53.0. The number of hydrogen-bond donors (Lipinski definition) is 6. The van der Waals surface area contributed by atoms with Gasteiger partial charge in [0, 0.05) is 24.4 Å². The van der Waals surface area contributed by atoms with Crippen molar-refractivity contribution in [2.75, 3.05) is 6.61 Å². The number of nitrogens with one attached hydrogen (secondary N) is 1. The monoisotopic (exact) mass is 467 g/mol. The van der Waals surface area contributed by atoms with Gasteiger partial charge in [0.2, 0.25) is 5.91 Å². The van der Waals surface area contributed by atoms with Crippen LogP contribution in [0.1, 0.15) is 18.9 Å². The minimum atomic E-state index is -2.55. The first-order chi connectivity index (χ1) is 15.5. The van der Waals surface area contributed by atoms with E-state index in [2.05, 4.69) is 5.32 Å². The van der Waals surface area contributed by atoms with Crippen LogP contribution in [-0.4, -0.2) is 80.3 Å². The summed E-state index contributed by atoms with van der Waals surface area (Å²) < 4.78 is 16.3. The number of benzene rings is 1. The van der Waals surface area contributed by atoms with Crippen molar-refractivity contribution in [3.8, 4) is 5.75 Å². The lowest BCUT2D eigenvalue weighted by molar-refractivity contribution is -0.284. The SMILES string of the molecule is CC(=O)N[C@H]1C([C@H](O)[C@H](O)CO)O[C@@](Oc2ccc3c(C)cc(=O)oc3c2)(C(=O)O)C[C@@H]1O. The Hall–Kier alpha value is -3.03. The normalized spacial score (nSPS) is 27.0. The number of carboxylic acid groups (broad SMARTS) is 1. The zero-order valence-electron chi connectivity index (χ0n) is 17.8. The van der Waals surface area contributed by atoms with Gasteiger partial charge in [-0.3, -0.25) is 4.79 Å². The second-order valence-corrected chi connectivity index (χ2v) is 7.89. The largest absolute Gasteiger partial charge is 0.476 e. The molecule has 0 bridgehead atoms. The van der Waals surface area contributed by atoms with Crippen molar-refractivity contribution in [1.82, 2.24) is 5.32 Å². The van der Waals surface area contributed by atoms with E-state index < -0.39 is 66.8 Å². The highest BCUT2D eigenvalue weighted by atomic mass is 16.7. The minimum Gasteiger partial charge on any atom is -0.476 e. The van der Waals surface area contributed by atoms with Gasteiger partial charge in [-0.25, -0.2) is 9.59 Å². The molecule has 12 nitrogen and oxygen atoms in total. The van der Waals surface area contributed by atoms with Gasteiger partial charge in [0.05, 0.1) is 25.2 Å². The summed E-state index contributed by atoms with van der Waals surface area (Å²) >= 11 is 0. The van der Waals surface area contributed by atoms with Crippen LogP contribution in [0.15, 0.2) is 33.5 Å². The molecule has 2 aromatic rings. The summed E-state index contributed by atoms with van der Waals surface area (Å²) in [6.07, 6.45) is -7.56. The molecule has 6 atom stereocenters. The second-order valence-electron chi connectivity index (χ2n) is 7.89. The fourth-order valence-corrected chi connectivity index (χ4v) is 3.79. The molecular formula is C21H25NO11. The molecule has 3 rings (SSSR count). The van der Waals surface area contributed by atoms with Crippen molar-refractivity contribution >= 4 is 22.8 Å². The minimum absolute atomic E-state index is 0.0835. The van der Waals surface area contributed by atoms with Crippen molar-refractivity contribution in [2.24, 2.45) is 0 Å². The number of aliphatic carboxylic acids is 1. The molecule has 0 radical (unpaired) electrons. The molecule has 6 N–H and O–H groups in total. The van der Waals surface area contributed by atoms with Crippen LogP contribution in [0.2, 0.25) is 0 Å². The Bertz CT molecular complexity index is 1100. The number of carbonyl (C=O) groups excluding carboxylic acids is 1. The number of rotatable bonds is 7. The van der Waals surface area contributed by atoms with Crippen LogP contribution in [-0.2, 0) is 14.3 Å². The van der Waals surface area contributed by atoms with Gasteiger partial charge in [0.25, 0.3) is 0 Å². The summed E-state index contributed by atoms with van der Waals surface area (Å²) in [6.45, 7) is 1.94. The number of carbonyl (C=O) groups is 2. The Morgan fingerprint density at radius 1 is 1.30 bits per heavy atom. The van der Waals surface area contributed by atoms with E-state index in [-0.39, 0.29) is 11.3 Å². The average molecular weight is 467 g/mol. The molecule has 1 aromatic heterocycles. The molecule has 0 aliphatic carbocycles. The van der Waals surface area contributed by atoms with Gasteiger partial charge < -0.3 is 44.7 Å². The van der Waals surface area contributed by atoms with Crippen molar-refractivity contribution in [2.45, 2.75) is 56.5 Å². The number of aryl methyl sites for hydroxylation is 1. The summed E-state index contributed by atoms with van der Waals surface area (Å²) in [5.74, 6) is -4.90. The lowest BCUT2D eigenvalue weighted by Gasteiger charge is -2.46. The molecule has 33 heavy (non-hydrogen) atoms. The fourth-order valence-electron chi connectivity index (χ4n) is 3.79. The Morgan fingerprint density at radius 2 is 2.00 bits per heavy atom. The van der Waals surface area contributed by atoms with Gasteiger partial charge in [-0.05, 0) is 24.6 Å². The molecular weight excluding hydrogens is 442 g/mol. The number of ether oxygens (including phenoxy) is 2. The van der Waals surface area contributed by atoms with E-state index in [9.17, 15) is 39.9 Å². The molecule has 1 saturated heterocycles. The van der Waals surface area contributed by atoms with Crippen LogP contribution in [0.25, 0.3) is 11.0 Å². The van der Waals surface area contributed by atoms with E-state index in [1.165, 1.54) is 18.2 Å². The predicted molar refractivity (Wildman–Crippen MR) is 110 cm³/mol. The summed E-state index contributed by atoms with van der Waals surface area (Å²) in [5.41, 5.74) is 0.135. The molecule has 0 saturated carbocycles. The van der Waals surface area contributed by atoms with Gasteiger partial charge in [0.1, 0.15) is 29.6 Å². The lowest BCUT2D eigenvalue weighted by Crippen LogP contribution is -2.68. The van der Waals surface area contributed by atoms with Gasteiger partial charge in [-0.2, -0.15) is 0 Å². The van der Waals surface area contributed by atoms with Crippen LogP contribution in [0.3, 0.4) is 0 Å². The third kappa shape index (κ3) is 4.99. The number of fused-ring (bicyclic) bond motifs is 1. The van der Waals surface area contributed by atoms with Gasteiger partial charge in [-0.1, -0.05) is 0 Å². The molecule has 12 heteroatoms. The molecule has 1 aliphatic heterocycles.